The zero-order chi connectivity index (χ0) is 20.4. The van der Waals surface area contributed by atoms with Gasteiger partial charge in [-0.3, -0.25) is 10.00 Å². The van der Waals surface area contributed by atoms with Crippen LogP contribution in [0.3, 0.4) is 0 Å². The Hall–Kier alpha value is -2.63. The summed E-state index contributed by atoms with van der Waals surface area (Å²) in [7, 11) is -3.75. The zero-order valence-corrected chi connectivity index (χ0v) is 16.8. The van der Waals surface area contributed by atoms with Gasteiger partial charge in [0, 0.05) is 38.8 Å². The maximum Gasteiger partial charge on any atom is 0.358 e. The van der Waals surface area contributed by atoms with Gasteiger partial charge in [-0.1, -0.05) is 6.07 Å². The molecule has 4 rings (SSSR count). The topological polar surface area (TPSA) is 114 Å². The van der Waals surface area contributed by atoms with E-state index in [1.807, 2.05) is 18.2 Å². The number of carbonyl (C=O) groups excluding carboxylic acids is 1. The molecule has 1 N–H and O–H groups in total. The predicted molar refractivity (Wildman–Crippen MR) is 101 cm³/mol. The molecular formula is C18H22N4O6S. The van der Waals surface area contributed by atoms with Crippen LogP contribution in [0.25, 0.3) is 0 Å². The summed E-state index contributed by atoms with van der Waals surface area (Å²) in [5.41, 5.74) is 1.03. The molecule has 2 aromatic rings. The van der Waals surface area contributed by atoms with Crippen molar-refractivity contribution in [3.63, 3.8) is 0 Å². The first kappa shape index (κ1) is 19.7. The Labute approximate surface area is 168 Å². The molecule has 0 bridgehead atoms. The molecule has 1 fully saturated rings. The number of benzene rings is 1. The maximum atomic E-state index is 12.8. The Bertz CT molecular complexity index is 998. The van der Waals surface area contributed by atoms with E-state index in [0.717, 1.165) is 17.1 Å². The number of hydrogen-bond acceptors (Lipinski definition) is 8. The lowest BCUT2D eigenvalue weighted by atomic mass is 10.2. The van der Waals surface area contributed by atoms with Crippen LogP contribution in [0.15, 0.2) is 29.3 Å². The molecule has 0 unspecified atom stereocenters. The number of hydrogen-bond donors (Lipinski definition) is 1. The lowest BCUT2D eigenvalue weighted by Crippen LogP contribution is -2.48. The van der Waals surface area contributed by atoms with Crippen molar-refractivity contribution < 1.29 is 27.4 Å². The molecule has 11 heteroatoms. The number of ether oxygens (including phenoxy) is 3. The molecule has 2 aliphatic heterocycles. The standard InChI is InChI=1S/C18H22N4O6S/c1-2-26-18(23)14-10-17(20-19-14)29(24,25)22-7-5-21(6-8-22)11-13-3-4-15-16(9-13)28-12-27-15/h3-4,9-10H,2,5-8,11-12H2,1H3,(H,19,20). The van der Waals surface area contributed by atoms with Gasteiger partial charge in [0.1, 0.15) is 0 Å². The SMILES string of the molecule is CCOC(=O)c1cc(S(=O)(=O)N2CCN(Cc3ccc4c(c3)OCO4)CC2)[nH]n1. The van der Waals surface area contributed by atoms with Gasteiger partial charge in [-0.2, -0.15) is 9.40 Å². The largest absolute Gasteiger partial charge is 0.461 e. The predicted octanol–water partition coefficient (Wildman–Crippen LogP) is 0.822. The average Bonchev–Trinajstić information content (AvgIpc) is 3.38. The van der Waals surface area contributed by atoms with Crippen LogP contribution in [-0.4, -0.2) is 73.4 Å². The lowest BCUT2D eigenvalue weighted by molar-refractivity contribution is 0.0519. The third-order valence-corrected chi connectivity index (χ3v) is 6.64. The van der Waals surface area contributed by atoms with Gasteiger partial charge in [0.05, 0.1) is 6.61 Å². The van der Waals surface area contributed by atoms with Gasteiger partial charge in [-0.25, -0.2) is 13.2 Å². The molecule has 0 atom stereocenters. The first-order valence-corrected chi connectivity index (χ1v) is 10.7. The van der Waals surface area contributed by atoms with E-state index in [1.165, 1.54) is 10.4 Å². The fourth-order valence-electron chi connectivity index (χ4n) is 3.31. The summed E-state index contributed by atoms with van der Waals surface area (Å²) in [5, 5.41) is 6.09. The minimum atomic E-state index is -3.75. The van der Waals surface area contributed by atoms with Gasteiger partial charge < -0.3 is 14.2 Å². The normalized spacial score (nSPS) is 17.4. The number of esters is 1. The van der Waals surface area contributed by atoms with Crippen LogP contribution >= 0.6 is 0 Å². The minimum absolute atomic E-state index is 0.0492. The van der Waals surface area contributed by atoms with Crippen molar-refractivity contribution in [2.24, 2.45) is 0 Å². The fraction of sp³-hybridized carbons (Fsp3) is 0.444. The Morgan fingerprint density at radius 1 is 1.17 bits per heavy atom. The van der Waals surface area contributed by atoms with Gasteiger partial charge in [-0.15, -0.1) is 0 Å². The van der Waals surface area contributed by atoms with E-state index < -0.39 is 16.0 Å². The number of rotatable bonds is 6. The Kier molecular flexibility index (Phi) is 5.43. The van der Waals surface area contributed by atoms with E-state index in [2.05, 4.69) is 15.1 Å². The number of nitrogens with zero attached hydrogens (tertiary/aromatic N) is 3. The first-order valence-electron chi connectivity index (χ1n) is 9.31. The number of aromatic nitrogens is 2. The summed E-state index contributed by atoms with van der Waals surface area (Å²) in [6.45, 7) is 4.67. The molecule has 0 saturated carbocycles. The van der Waals surface area contributed by atoms with Crippen LogP contribution in [0.2, 0.25) is 0 Å². The number of aromatic amines is 1. The highest BCUT2D eigenvalue weighted by molar-refractivity contribution is 7.89. The Morgan fingerprint density at radius 2 is 1.93 bits per heavy atom. The molecule has 3 heterocycles. The van der Waals surface area contributed by atoms with Crippen LogP contribution in [0.5, 0.6) is 11.5 Å². The van der Waals surface area contributed by atoms with E-state index in [-0.39, 0.29) is 24.1 Å². The van der Waals surface area contributed by atoms with Crippen molar-refractivity contribution >= 4 is 16.0 Å². The molecule has 2 aliphatic rings. The number of sulfonamides is 1. The summed E-state index contributed by atoms with van der Waals surface area (Å²) < 4.78 is 42.6. The number of piperazine rings is 1. The molecule has 0 amide bonds. The average molecular weight is 422 g/mol. The minimum Gasteiger partial charge on any atom is -0.461 e. The van der Waals surface area contributed by atoms with Crippen molar-refractivity contribution in [2.75, 3.05) is 39.6 Å². The van der Waals surface area contributed by atoms with Crippen molar-refractivity contribution in [3.05, 3.63) is 35.5 Å². The molecule has 1 aromatic carbocycles. The van der Waals surface area contributed by atoms with Crippen molar-refractivity contribution in [1.29, 1.82) is 0 Å². The number of nitrogens with one attached hydrogen (secondary N) is 1. The van der Waals surface area contributed by atoms with Crippen LogP contribution < -0.4 is 9.47 Å². The summed E-state index contributed by atoms with van der Waals surface area (Å²) in [5.74, 6) is 0.825. The highest BCUT2D eigenvalue weighted by atomic mass is 32.2. The number of H-pyrrole nitrogens is 1. The van der Waals surface area contributed by atoms with Gasteiger partial charge in [0.2, 0.25) is 6.79 Å². The van der Waals surface area contributed by atoms with E-state index in [1.54, 1.807) is 6.92 Å². The Balaban J connectivity index is 1.37. The molecule has 0 radical (unpaired) electrons. The second-order valence-corrected chi connectivity index (χ2v) is 8.61. The van der Waals surface area contributed by atoms with Crippen molar-refractivity contribution in [1.82, 2.24) is 19.4 Å². The maximum absolute atomic E-state index is 12.8. The molecule has 1 aromatic heterocycles. The van der Waals surface area contributed by atoms with E-state index in [0.29, 0.717) is 32.7 Å². The summed E-state index contributed by atoms with van der Waals surface area (Å²) in [4.78, 5) is 13.9. The first-order chi connectivity index (χ1) is 14.0. The number of fused-ring (bicyclic) bond motifs is 1. The van der Waals surface area contributed by atoms with Gasteiger partial charge in [-0.05, 0) is 24.6 Å². The Morgan fingerprint density at radius 3 is 2.69 bits per heavy atom. The molecule has 29 heavy (non-hydrogen) atoms. The molecular weight excluding hydrogens is 400 g/mol. The highest BCUT2D eigenvalue weighted by Gasteiger charge is 2.31. The second-order valence-electron chi connectivity index (χ2n) is 6.71. The third kappa shape index (κ3) is 4.07. The summed E-state index contributed by atoms with van der Waals surface area (Å²) >= 11 is 0. The van der Waals surface area contributed by atoms with Gasteiger partial charge >= 0.3 is 5.97 Å². The van der Waals surface area contributed by atoms with Crippen LogP contribution in [0.4, 0.5) is 0 Å². The van der Waals surface area contributed by atoms with Gasteiger partial charge in [0.25, 0.3) is 10.0 Å². The molecule has 10 nitrogen and oxygen atoms in total. The quantitative estimate of drug-likeness (QED) is 0.681. The monoisotopic (exact) mass is 422 g/mol. The molecule has 156 valence electrons. The zero-order valence-electron chi connectivity index (χ0n) is 16.0. The van der Waals surface area contributed by atoms with Crippen molar-refractivity contribution in [3.8, 4) is 11.5 Å². The highest BCUT2D eigenvalue weighted by Crippen LogP contribution is 2.33. The molecule has 1 saturated heterocycles. The third-order valence-electron chi connectivity index (χ3n) is 4.83. The van der Waals surface area contributed by atoms with E-state index in [4.69, 9.17) is 14.2 Å². The van der Waals surface area contributed by atoms with E-state index in [9.17, 15) is 13.2 Å². The molecule has 0 aliphatic carbocycles. The van der Waals surface area contributed by atoms with Crippen molar-refractivity contribution in [2.45, 2.75) is 18.5 Å². The summed E-state index contributed by atoms with van der Waals surface area (Å²) in [6, 6.07) is 7.04. The second kappa shape index (κ2) is 8.01. The fourth-order valence-corrected chi connectivity index (χ4v) is 4.65. The summed E-state index contributed by atoms with van der Waals surface area (Å²) in [6.07, 6.45) is 0. The van der Waals surface area contributed by atoms with Crippen LogP contribution in [0.1, 0.15) is 23.0 Å². The molecule has 0 spiro atoms. The van der Waals surface area contributed by atoms with E-state index >= 15 is 0 Å². The van der Waals surface area contributed by atoms with Crippen LogP contribution in [-0.2, 0) is 21.3 Å². The van der Waals surface area contributed by atoms with Gasteiger partial charge in [0.15, 0.2) is 22.2 Å². The van der Waals surface area contributed by atoms with Crippen LogP contribution in [0, 0.1) is 0 Å². The smallest absolute Gasteiger partial charge is 0.358 e. The number of carbonyl (C=O) groups is 1. The lowest BCUT2D eigenvalue weighted by Gasteiger charge is -2.33.